The Bertz CT molecular complexity index is 1160. The van der Waals surface area contributed by atoms with Crippen LogP contribution in [0.4, 0.5) is 5.82 Å². The molecule has 0 bridgehead atoms. The summed E-state index contributed by atoms with van der Waals surface area (Å²) >= 11 is 6.02. The summed E-state index contributed by atoms with van der Waals surface area (Å²) in [5.41, 5.74) is 2.27. The number of nitrogens with zero attached hydrogens (tertiary/aromatic N) is 2. The van der Waals surface area contributed by atoms with E-state index in [0.717, 1.165) is 17.7 Å². The summed E-state index contributed by atoms with van der Waals surface area (Å²) in [5, 5.41) is 7.79. The van der Waals surface area contributed by atoms with Gasteiger partial charge in [-0.3, -0.25) is 9.48 Å². The molecule has 2 aromatic carbocycles. The molecule has 0 aliphatic heterocycles. The van der Waals surface area contributed by atoms with Crippen molar-refractivity contribution in [2.75, 3.05) is 5.32 Å². The Morgan fingerprint density at radius 3 is 2.71 bits per heavy atom. The standard InChI is InChI=1S/C24H22ClN3O3/c1-2-17-6-8-20(9-7-17)30-16-21-10-11-22(31-21)24(29)26-23-12-13-28(27-23)15-18-4-3-5-19(25)14-18/h3-14H,2,15-16H2,1H3,(H,26,27,29). The number of hydrogen-bond donors (Lipinski definition) is 1. The van der Waals surface area contributed by atoms with E-state index in [9.17, 15) is 4.79 Å². The van der Waals surface area contributed by atoms with Gasteiger partial charge in [0, 0.05) is 17.3 Å². The van der Waals surface area contributed by atoms with Crippen LogP contribution in [-0.4, -0.2) is 15.7 Å². The van der Waals surface area contributed by atoms with Gasteiger partial charge in [0.2, 0.25) is 0 Å². The molecule has 4 aromatic rings. The fourth-order valence-corrected chi connectivity index (χ4v) is 3.28. The molecule has 1 N–H and O–H groups in total. The van der Waals surface area contributed by atoms with Crippen molar-refractivity contribution in [3.05, 3.63) is 101 Å². The predicted molar refractivity (Wildman–Crippen MR) is 120 cm³/mol. The molecule has 1 amide bonds. The number of furan rings is 1. The average Bonchev–Trinajstić information content (AvgIpc) is 3.42. The number of hydrogen-bond acceptors (Lipinski definition) is 4. The Hall–Kier alpha value is -3.51. The highest BCUT2D eigenvalue weighted by atomic mass is 35.5. The number of carbonyl (C=O) groups excluding carboxylic acids is 1. The van der Waals surface area contributed by atoms with Gasteiger partial charge < -0.3 is 14.5 Å². The quantitative estimate of drug-likeness (QED) is 0.392. The molecule has 0 fully saturated rings. The maximum atomic E-state index is 12.5. The van der Waals surface area contributed by atoms with Crippen molar-refractivity contribution in [2.24, 2.45) is 0 Å². The Morgan fingerprint density at radius 2 is 1.94 bits per heavy atom. The Morgan fingerprint density at radius 1 is 1.10 bits per heavy atom. The molecule has 6 nitrogen and oxygen atoms in total. The smallest absolute Gasteiger partial charge is 0.292 e. The lowest BCUT2D eigenvalue weighted by Gasteiger charge is -2.05. The Balaban J connectivity index is 1.32. The molecule has 2 aromatic heterocycles. The molecular formula is C24H22ClN3O3. The summed E-state index contributed by atoms with van der Waals surface area (Å²) in [4.78, 5) is 12.5. The maximum absolute atomic E-state index is 12.5. The third-order valence-electron chi connectivity index (χ3n) is 4.71. The van der Waals surface area contributed by atoms with Crippen LogP contribution < -0.4 is 10.1 Å². The normalized spacial score (nSPS) is 10.8. The van der Waals surface area contributed by atoms with Gasteiger partial charge in [0.1, 0.15) is 18.1 Å². The third-order valence-corrected chi connectivity index (χ3v) is 4.95. The molecule has 158 valence electrons. The average molecular weight is 436 g/mol. The second kappa shape index (κ2) is 9.53. The fourth-order valence-electron chi connectivity index (χ4n) is 3.07. The van der Waals surface area contributed by atoms with Gasteiger partial charge in [-0.25, -0.2) is 0 Å². The molecule has 4 rings (SSSR count). The molecule has 0 radical (unpaired) electrons. The Labute approximate surface area is 185 Å². The molecule has 31 heavy (non-hydrogen) atoms. The lowest BCUT2D eigenvalue weighted by atomic mass is 10.2. The minimum absolute atomic E-state index is 0.198. The van der Waals surface area contributed by atoms with Gasteiger partial charge in [-0.1, -0.05) is 42.8 Å². The summed E-state index contributed by atoms with van der Waals surface area (Å²) < 4.78 is 13.1. The zero-order valence-electron chi connectivity index (χ0n) is 17.0. The van der Waals surface area contributed by atoms with Crippen LogP contribution in [0.15, 0.2) is 77.3 Å². The van der Waals surface area contributed by atoms with E-state index >= 15 is 0 Å². The number of aryl methyl sites for hydroxylation is 1. The molecule has 0 unspecified atom stereocenters. The van der Waals surface area contributed by atoms with Gasteiger partial charge in [0.15, 0.2) is 11.6 Å². The van der Waals surface area contributed by atoms with E-state index in [1.54, 1.807) is 29.1 Å². The van der Waals surface area contributed by atoms with E-state index < -0.39 is 0 Å². The summed E-state index contributed by atoms with van der Waals surface area (Å²) in [6.45, 7) is 2.90. The number of anilines is 1. The molecule has 0 spiro atoms. The van der Waals surface area contributed by atoms with Crippen LogP contribution >= 0.6 is 11.6 Å². The molecule has 0 aliphatic rings. The summed E-state index contributed by atoms with van der Waals surface area (Å²) in [6, 6.07) is 20.6. The Kier molecular flexibility index (Phi) is 6.38. The first-order valence-corrected chi connectivity index (χ1v) is 10.4. The van der Waals surface area contributed by atoms with E-state index in [-0.39, 0.29) is 18.3 Å². The third kappa shape index (κ3) is 5.55. The largest absolute Gasteiger partial charge is 0.486 e. The SMILES string of the molecule is CCc1ccc(OCc2ccc(C(=O)Nc3ccn(Cc4cccc(Cl)c4)n3)o2)cc1. The van der Waals surface area contributed by atoms with E-state index in [0.29, 0.717) is 23.1 Å². The van der Waals surface area contributed by atoms with E-state index in [1.807, 2.05) is 48.5 Å². The number of ether oxygens (including phenoxy) is 1. The van der Waals surface area contributed by atoms with Crippen LogP contribution in [0.2, 0.25) is 5.02 Å². The molecule has 2 heterocycles. The van der Waals surface area contributed by atoms with E-state index in [2.05, 4.69) is 17.3 Å². The van der Waals surface area contributed by atoms with Gasteiger partial charge in [0.05, 0.1) is 6.54 Å². The summed E-state index contributed by atoms with van der Waals surface area (Å²) in [7, 11) is 0. The monoisotopic (exact) mass is 435 g/mol. The van der Waals surface area contributed by atoms with Crippen LogP contribution in [0, 0.1) is 0 Å². The van der Waals surface area contributed by atoms with Gasteiger partial charge >= 0.3 is 0 Å². The maximum Gasteiger partial charge on any atom is 0.292 e. The van der Waals surface area contributed by atoms with Crippen molar-refractivity contribution in [1.82, 2.24) is 9.78 Å². The molecular weight excluding hydrogens is 414 g/mol. The van der Waals surface area contributed by atoms with Gasteiger partial charge in [-0.15, -0.1) is 0 Å². The lowest BCUT2D eigenvalue weighted by molar-refractivity contribution is 0.0992. The number of carbonyl (C=O) groups is 1. The second-order valence-corrected chi connectivity index (χ2v) is 7.47. The highest BCUT2D eigenvalue weighted by Crippen LogP contribution is 2.17. The number of rotatable bonds is 8. The van der Waals surface area contributed by atoms with Gasteiger partial charge in [0.25, 0.3) is 5.91 Å². The molecule has 7 heteroatoms. The highest BCUT2D eigenvalue weighted by Gasteiger charge is 2.13. The van der Waals surface area contributed by atoms with E-state index in [1.165, 1.54) is 5.56 Å². The number of amides is 1. The van der Waals surface area contributed by atoms with E-state index in [4.69, 9.17) is 20.8 Å². The van der Waals surface area contributed by atoms with Gasteiger partial charge in [-0.2, -0.15) is 5.10 Å². The van der Waals surface area contributed by atoms with Crippen LogP contribution in [-0.2, 0) is 19.6 Å². The summed E-state index contributed by atoms with van der Waals surface area (Å²) in [5.74, 6) is 1.59. The van der Waals surface area contributed by atoms with Crippen LogP contribution in [0.1, 0.15) is 34.4 Å². The lowest BCUT2D eigenvalue weighted by Crippen LogP contribution is -2.12. The van der Waals surface area contributed by atoms with Crippen molar-refractivity contribution in [1.29, 1.82) is 0 Å². The number of aromatic nitrogens is 2. The molecule has 0 aliphatic carbocycles. The van der Waals surface area contributed by atoms with Crippen LogP contribution in [0.5, 0.6) is 5.75 Å². The molecule has 0 atom stereocenters. The first kappa shape index (κ1) is 20.8. The highest BCUT2D eigenvalue weighted by molar-refractivity contribution is 6.30. The van der Waals surface area contributed by atoms with Crippen LogP contribution in [0.25, 0.3) is 0 Å². The zero-order chi connectivity index (χ0) is 21.6. The number of halogens is 1. The van der Waals surface area contributed by atoms with Crippen LogP contribution in [0.3, 0.4) is 0 Å². The predicted octanol–water partition coefficient (Wildman–Crippen LogP) is 5.57. The van der Waals surface area contributed by atoms with Crippen molar-refractivity contribution in [3.63, 3.8) is 0 Å². The van der Waals surface area contributed by atoms with Crippen molar-refractivity contribution >= 4 is 23.3 Å². The first-order valence-electron chi connectivity index (χ1n) is 9.99. The minimum atomic E-state index is -0.369. The number of benzene rings is 2. The zero-order valence-corrected chi connectivity index (χ0v) is 17.8. The molecule has 0 saturated carbocycles. The van der Waals surface area contributed by atoms with Crippen molar-refractivity contribution in [3.8, 4) is 5.75 Å². The summed E-state index contributed by atoms with van der Waals surface area (Å²) in [6.07, 6.45) is 2.78. The van der Waals surface area contributed by atoms with Gasteiger partial charge in [-0.05, 0) is 53.9 Å². The minimum Gasteiger partial charge on any atom is -0.486 e. The van der Waals surface area contributed by atoms with Crippen molar-refractivity contribution in [2.45, 2.75) is 26.5 Å². The second-order valence-electron chi connectivity index (χ2n) is 7.03. The topological polar surface area (TPSA) is 69.3 Å². The fraction of sp³-hybridized carbons (Fsp3) is 0.167. The van der Waals surface area contributed by atoms with Crippen molar-refractivity contribution < 1.29 is 13.9 Å². The molecule has 0 saturated heterocycles. The number of nitrogens with one attached hydrogen (secondary N) is 1. The first-order chi connectivity index (χ1) is 15.1.